The zero-order valence-electron chi connectivity index (χ0n) is 10.3. The quantitative estimate of drug-likeness (QED) is 0.842. The topological polar surface area (TPSA) is 73.8 Å². The number of rotatable bonds is 5. The summed E-state index contributed by atoms with van der Waals surface area (Å²) in [5.74, 6) is 1.34. The summed E-state index contributed by atoms with van der Waals surface area (Å²) in [5.41, 5.74) is 6.15. The molecule has 1 saturated carbocycles. The molecule has 1 aliphatic carbocycles. The summed E-state index contributed by atoms with van der Waals surface area (Å²) >= 11 is 1.29. The lowest BCUT2D eigenvalue weighted by atomic mass is 10.3. The number of hydrogen-bond donors (Lipinski definition) is 1. The number of primary amides is 1. The van der Waals surface area contributed by atoms with Crippen LogP contribution in [0.3, 0.4) is 0 Å². The summed E-state index contributed by atoms with van der Waals surface area (Å²) in [6.07, 6.45) is 2.32. The van der Waals surface area contributed by atoms with Crippen molar-refractivity contribution in [2.75, 3.05) is 5.75 Å². The second kappa shape index (κ2) is 5.05. The molecule has 2 N–H and O–H groups in total. The maximum Gasteiger partial charge on any atom is 0.227 e. The highest BCUT2D eigenvalue weighted by Crippen LogP contribution is 2.40. The van der Waals surface area contributed by atoms with Gasteiger partial charge >= 0.3 is 0 Å². The van der Waals surface area contributed by atoms with Crippen molar-refractivity contribution in [3.05, 3.63) is 36.2 Å². The molecule has 1 fully saturated rings. The second-order valence-corrected chi connectivity index (χ2v) is 5.47. The van der Waals surface area contributed by atoms with Crippen molar-refractivity contribution in [2.45, 2.75) is 23.9 Å². The Kier molecular flexibility index (Phi) is 3.25. The summed E-state index contributed by atoms with van der Waals surface area (Å²) in [4.78, 5) is 15.3. The monoisotopic (exact) mass is 274 g/mol. The van der Waals surface area contributed by atoms with Gasteiger partial charge in [0.1, 0.15) is 5.82 Å². The summed E-state index contributed by atoms with van der Waals surface area (Å²) < 4.78 is 1.88. The molecule has 3 rings (SSSR count). The lowest BCUT2D eigenvalue weighted by molar-refractivity contribution is -0.115. The standard InChI is InChI=1S/C13H14N4OS/c14-11(18)8-19-13-15-12(9-6-7-9)17(16-13)10-4-2-1-3-5-10/h1-5,9H,6-8H2,(H2,14,18). The van der Waals surface area contributed by atoms with Crippen LogP contribution in [-0.4, -0.2) is 26.4 Å². The van der Waals surface area contributed by atoms with E-state index in [1.165, 1.54) is 11.8 Å². The molecule has 19 heavy (non-hydrogen) atoms. The van der Waals surface area contributed by atoms with E-state index in [-0.39, 0.29) is 11.7 Å². The van der Waals surface area contributed by atoms with Gasteiger partial charge in [-0.15, -0.1) is 5.10 Å². The third-order valence-electron chi connectivity index (χ3n) is 2.90. The average molecular weight is 274 g/mol. The van der Waals surface area contributed by atoms with E-state index in [2.05, 4.69) is 10.1 Å². The fourth-order valence-corrected chi connectivity index (χ4v) is 2.44. The van der Waals surface area contributed by atoms with Gasteiger partial charge in [0.15, 0.2) is 0 Å². The average Bonchev–Trinajstić information content (AvgIpc) is 3.17. The third kappa shape index (κ3) is 2.78. The van der Waals surface area contributed by atoms with Gasteiger partial charge in [-0.25, -0.2) is 9.67 Å². The zero-order chi connectivity index (χ0) is 13.2. The Labute approximate surface area is 115 Å². The molecule has 5 nitrogen and oxygen atoms in total. The fraction of sp³-hybridized carbons (Fsp3) is 0.308. The number of aromatic nitrogens is 3. The summed E-state index contributed by atoms with van der Waals surface area (Å²) in [6, 6.07) is 9.93. The van der Waals surface area contributed by atoms with E-state index in [1.807, 2.05) is 35.0 Å². The van der Waals surface area contributed by atoms with Crippen molar-refractivity contribution in [1.82, 2.24) is 14.8 Å². The number of hydrogen-bond acceptors (Lipinski definition) is 4. The van der Waals surface area contributed by atoms with Crippen LogP contribution >= 0.6 is 11.8 Å². The molecular weight excluding hydrogens is 260 g/mol. The van der Waals surface area contributed by atoms with Crippen molar-refractivity contribution in [3.63, 3.8) is 0 Å². The number of para-hydroxylation sites is 1. The van der Waals surface area contributed by atoms with Gasteiger partial charge in [0.25, 0.3) is 0 Å². The van der Waals surface area contributed by atoms with Crippen molar-refractivity contribution >= 4 is 17.7 Å². The van der Waals surface area contributed by atoms with E-state index in [0.717, 1.165) is 24.4 Å². The van der Waals surface area contributed by atoms with E-state index < -0.39 is 0 Å². The van der Waals surface area contributed by atoms with Gasteiger partial charge in [-0.1, -0.05) is 30.0 Å². The highest BCUT2D eigenvalue weighted by Gasteiger charge is 2.30. The van der Waals surface area contributed by atoms with Crippen LogP contribution in [0, 0.1) is 0 Å². The van der Waals surface area contributed by atoms with Crippen LogP contribution < -0.4 is 5.73 Å². The molecule has 1 aromatic heterocycles. The lowest BCUT2D eigenvalue weighted by Gasteiger charge is -2.03. The van der Waals surface area contributed by atoms with E-state index in [1.54, 1.807) is 0 Å². The number of nitrogens with two attached hydrogens (primary N) is 1. The van der Waals surface area contributed by atoms with Gasteiger partial charge in [0, 0.05) is 5.92 Å². The first-order valence-corrected chi connectivity index (χ1v) is 7.16. The predicted molar refractivity (Wildman–Crippen MR) is 73.3 cm³/mol. The van der Waals surface area contributed by atoms with Crippen molar-refractivity contribution in [1.29, 1.82) is 0 Å². The van der Waals surface area contributed by atoms with Crippen LogP contribution in [0.1, 0.15) is 24.6 Å². The van der Waals surface area contributed by atoms with Crippen LogP contribution in [-0.2, 0) is 4.79 Å². The van der Waals surface area contributed by atoms with Gasteiger partial charge in [0.2, 0.25) is 11.1 Å². The zero-order valence-corrected chi connectivity index (χ0v) is 11.1. The molecule has 0 atom stereocenters. The Hall–Kier alpha value is -1.82. The number of amides is 1. The van der Waals surface area contributed by atoms with Crippen molar-refractivity contribution < 1.29 is 4.79 Å². The van der Waals surface area contributed by atoms with Gasteiger partial charge in [-0.2, -0.15) is 0 Å². The maximum atomic E-state index is 10.8. The minimum Gasteiger partial charge on any atom is -0.369 e. The highest BCUT2D eigenvalue weighted by molar-refractivity contribution is 7.99. The maximum absolute atomic E-state index is 10.8. The summed E-state index contributed by atoms with van der Waals surface area (Å²) in [5, 5.41) is 5.09. The predicted octanol–water partition coefficient (Wildman–Crippen LogP) is 1.72. The Morgan fingerprint density at radius 2 is 2.11 bits per heavy atom. The molecule has 1 aromatic carbocycles. The van der Waals surface area contributed by atoms with Crippen molar-refractivity contribution in [2.24, 2.45) is 5.73 Å². The molecular formula is C13H14N4OS. The summed E-state index contributed by atoms with van der Waals surface area (Å²) in [6.45, 7) is 0. The van der Waals surface area contributed by atoms with E-state index in [0.29, 0.717) is 11.1 Å². The minimum atomic E-state index is -0.353. The molecule has 1 heterocycles. The van der Waals surface area contributed by atoms with E-state index >= 15 is 0 Å². The molecule has 0 aliphatic heterocycles. The molecule has 0 spiro atoms. The SMILES string of the molecule is NC(=O)CSc1nc(C2CC2)n(-c2ccccc2)n1. The van der Waals surface area contributed by atoms with Crippen LogP contribution in [0.15, 0.2) is 35.5 Å². The number of nitrogens with zero attached hydrogens (tertiary/aromatic N) is 3. The molecule has 98 valence electrons. The first kappa shape index (κ1) is 12.2. The van der Waals surface area contributed by atoms with E-state index in [9.17, 15) is 4.79 Å². The Bertz CT molecular complexity index is 592. The molecule has 2 aromatic rings. The van der Waals surface area contributed by atoms with Crippen molar-refractivity contribution in [3.8, 4) is 5.69 Å². The number of carbonyl (C=O) groups excluding carboxylic acids is 1. The Morgan fingerprint density at radius 3 is 2.74 bits per heavy atom. The van der Waals surface area contributed by atoms with Crippen LogP contribution in [0.2, 0.25) is 0 Å². The lowest BCUT2D eigenvalue weighted by Crippen LogP contribution is -2.13. The Balaban J connectivity index is 1.91. The van der Waals surface area contributed by atoms with Crippen LogP contribution in [0.25, 0.3) is 5.69 Å². The second-order valence-electron chi connectivity index (χ2n) is 4.53. The fourth-order valence-electron chi connectivity index (χ4n) is 1.87. The van der Waals surface area contributed by atoms with Gasteiger partial charge in [0.05, 0.1) is 11.4 Å². The van der Waals surface area contributed by atoms with Gasteiger partial charge in [-0.3, -0.25) is 4.79 Å². The first-order chi connectivity index (χ1) is 9.24. The normalized spacial score (nSPS) is 14.5. The molecule has 1 amide bonds. The molecule has 1 aliphatic rings. The Morgan fingerprint density at radius 1 is 1.37 bits per heavy atom. The number of carbonyl (C=O) groups is 1. The molecule has 0 radical (unpaired) electrons. The minimum absolute atomic E-state index is 0.211. The highest BCUT2D eigenvalue weighted by atomic mass is 32.2. The van der Waals surface area contributed by atoms with E-state index in [4.69, 9.17) is 5.73 Å². The van der Waals surface area contributed by atoms with Gasteiger partial charge in [-0.05, 0) is 25.0 Å². The summed E-state index contributed by atoms with van der Waals surface area (Å²) in [7, 11) is 0. The number of thioether (sulfide) groups is 1. The molecule has 0 unspecified atom stereocenters. The first-order valence-electron chi connectivity index (χ1n) is 6.17. The van der Waals surface area contributed by atoms with Crippen LogP contribution in [0.4, 0.5) is 0 Å². The van der Waals surface area contributed by atoms with Gasteiger partial charge < -0.3 is 5.73 Å². The van der Waals surface area contributed by atoms with Crippen LogP contribution in [0.5, 0.6) is 0 Å². The molecule has 0 saturated heterocycles. The smallest absolute Gasteiger partial charge is 0.227 e. The number of benzene rings is 1. The molecule has 6 heteroatoms. The molecule has 0 bridgehead atoms. The third-order valence-corrected chi connectivity index (χ3v) is 3.76. The largest absolute Gasteiger partial charge is 0.369 e.